The summed E-state index contributed by atoms with van der Waals surface area (Å²) in [7, 11) is 0. The number of carboxylic acids is 1. The highest BCUT2D eigenvalue weighted by Crippen LogP contribution is 2.40. The predicted octanol–water partition coefficient (Wildman–Crippen LogP) is 3.76. The van der Waals surface area contributed by atoms with Crippen LogP contribution < -0.4 is 0 Å². The van der Waals surface area contributed by atoms with Crippen molar-refractivity contribution in [2.45, 2.75) is 51.6 Å². The molecule has 1 aliphatic heterocycles. The maximum absolute atomic E-state index is 11.2. The largest absolute Gasteiger partial charge is 0.481 e. The second kappa shape index (κ2) is 5.96. The number of ether oxygens (including phenoxy) is 1. The smallest absolute Gasteiger partial charge is 0.303 e. The van der Waals surface area contributed by atoms with Crippen LogP contribution in [0.15, 0.2) is 24.3 Å². The highest BCUT2D eigenvalue weighted by Gasteiger charge is 2.35. The van der Waals surface area contributed by atoms with Gasteiger partial charge in [0.05, 0.1) is 12.0 Å². The third-order valence-corrected chi connectivity index (χ3v) is 4.20. The van der Waals surface area contributed by atoms with Crippen LogP contribution in [-0.4, -0.2) is 23.3 Å². The molecule has 0 aromatic heterocycles. The molecule has 3 heteroatoms. The Kier molecular flexibility index (Phi) is 4.48. The number of hydrogen-bond donors (Lipinski definition) is 1. The molecule has 1 fully saturated rings. The van der Waals surface area contributed by atoms with E-state index in [0.29, 0.717) is 5.92 Å². The van der Waals surface area contributed by atoms with Gasteiger partial charge in [0.15, 0.2) is 0 Å². The zero-order chi connectivity index (χ0) is 14.8. The highest BCUT2D eigenvalue weighted by molar-refractivity contribution is 5.68. The SMILES string of the molecule is Cc1ccc([C@H](CC(=O)O)[C@H]2CCOC(C)(C)C2)cc1. The molecule has 1 saturated heterocycles. The van der Waals surface area contributed by atoms with Gasteiger partial charge in [0, 0.05) is 6.61 Å². The van der Waals surface area contributed by atoms with Gasteiger partial charge in [0.2, 0.25) is 0 Å². The van der Waals surface area contributed by atoms with Crippen molar-refractivity contribution in [1.82, 2.24) is 0 Å². The summed E-state index contributed by atoms with van der Waals surface area (Å²) in [5.41, 5.74) is 2.19. The number of rotatable bonds is 4. The third-order valence-electron chi connectivity index (χ3n) is 4.20. The molecule has 0 spiro atoms. The number of carbonyl (C=O) groups is 1. The number of carboxylic acid groups (broad SMARTS) is 1. The summed E-state index contributed by atoms with van der Waals surface area (Å²) in [5, 5.41) is 9.23. The number of hydrogen-bond acceptors (Lipinski definition) is 2. The van der Waals surface area contributed by atoms with Crippen LogP contribution in [0.2, 0.25) is 0 Å². The van der Waals surface area contributed by atoms with E-state index in [2.05, 4.69) is 38.1 Å². The van der Waals surface area contributed by atoms with E-state index in [4.69, 9.17) is 4.74 Å². The van der Waals surface area contributed by atoms with E-state index in [1.807, 2.05) is 6.92 Å². The maximum atomic E-state index is 11.2. The summed E-state index contributed by atoms with van der Waals surface area (Å²) in [6, 6.07) is 8.28. The molecular formula is C17H24O3. The second-order valence-corrected chi connectivity index (χ2v) is 6.48. The molecule has 1 aromatic carbocycles. The van der Waals surface area contributed by atoms with E-state index >= 15 is 0 Å². The fourth-order valence-electron chi connectivity index (χ4n) is 3.18. The molecule has 3 nitrogen and oxygen atoms in total. The van der Waals surface area contributed by atoms with E-state index < -0.39 is 5.97 Å². The van der Waals surface area contributed by atoms with E-state index in [9.17, 15) is 9.90 Å². The lowest BCUT2D eigenvalue weighted by Crippen LogP contribution is -2.36. The fraction of sp³-hybridized carbons (Fsp3) is 0.588. The molecule has 110 valence electrons. The average Bonchev–Trinajstić information content (AvgIpc) is 2.36. The standard InChI is InChI=1S/C17H24O3/c1-12-4-6-13(7-5-12)15(10-16(18)19)14-8-9-20-17(2,3)11-14/h4-7,14-15H,8-11H2,1-3H3,(H,18,19)/t14-,15-/m0/s1. The molecule has 0 amide bonds. The first-order valence-electron chi connectivity index (χ1n) is 7.30. The Morgan fingerprint density at radius 3 is 2.60 bits per heavy atom. The lowest BCUT2D eigenvalue weighted by molar-refractivity contribution is -0.138. The van der Waals surface area contributed by atoms with Crippen LogP contribution in [0, 0.1) is 12.8 Å². The molecule has 1 N–H and O–H groups in total. The third kappa shape index (κ3) is 3.83. The lowest BCUT2D eigenvalue weighted by Gasteiger charge is -2.39. The topological polar surface area (TPSA) is 46.5 Å². The summed E-state index contributed by atoms with van der Waals surface area (Å²) < 4.78 is 5.76. The molecule has 0 saturated carbocycles. The van der Waals surface area contributed by atoms with Gasteiger partial charge in [-0.3, -0.25) is 4.79 Å². The van der Waals surface area contributed by atoms with Crippen molar-refractivity contribution < 1.29 is 14.6 Å². The molecule has 0 radical (unpaired) electrons. The first-order valence-corrected chi connectivity index (χ1v) is 7.30. The van der Waals surface area contributed by atoms with Gasteiger partial charge in [-0.1, -0.05) is 29.8 Å². The van der Waals surface area contributed by atoms with Gasteiger partial charge in [-0.25, -0.2) is 0 Å². The monoisotopic (exact) mass is 276 g/mol. The molecule has 1 aromatic rings. The van der Waals surface area contributed by atoms with Crippen LogP contribution in [0.25, 0.3) is 0 Å². The van der Waals surface area contributed by atoms with Crippen molar-refractivity contribution in [3.63, 3.8) is 0 Å². The van der Waals surface area contributed by atoms with Crippen molar-refractivity contribution >= 4 is 5.97 Å². The Labute approximate surface area is 121 Å². The zero-order valence-corrected chi connectivity index (χ0v) is 12.6. The number of aryl methyl sites for hydroxylation is 1. The minimum atomic E-state index is -0.722. The van der Waals surface area contributed by atoms with Gasteiger partial charge in [-0.05, 0) is 51.0 Å². The summed E-state index contributed by atoms with van der Waals surface area (Å²) in [5.74, 6) is -0.270. The van der Waals surface area contributed by atoms with Gasteiger partial charge >= 0.3 is 5.97 Å². The van der Waals surface area contributed by atoms with E-state index in [1.165, 1.54) is 5.56 Å². The Morgan fingerprint density at radius 1 is 1.40 bits per heavy atom. The van der Waals surface area contributed by atoms with Crippen LogP contribution >= 0.6 is 0 Å². The van der Waals surface area contributed by atoms with E-state index in [0.717, 1.165) is 25.0 Å². The van der Waals surface area contributed by atoms with Crippen molar-refractivity contribution in [3.8, 4) is 0 Å². The average molecular weight is 276 g/mol. The fourth-order valence-corrected chi connectivity index (χ4v) is 3.18. The normalized spacial score (nSPS) is 23.2. The zero-order valence-electron chi connectivity index (χ0n) is 12.6. The van der Waals surface area contributed by atoms with E-state index in [-0.39, 0.29) is 17.9 Å². The van der Waals surface area contributed by atoms with E-state index in [1.54, 1.807) is 0 Å². The Bertz CT molecular complexity index is 462. The van der Waals surface area contributed by atoms with Crippen LogP contribution in [0.1, 0.15) is 50.2 Å². The number of aliphatic carboxylic acids is 1. The number of benzene rings is 1. The first kappa shape index (κ1) is 15.0. The minimum absolute atomic E-state index is 0.0799. The van der Waals surface area contributed by atoms with Gasteiger partial charge in [-0.2, -0.15) is 0 Å². The summed E-state index contributed by atoms with van der Waals surface area (Å²) in [6.07, 6.45) is 2.05. The molecule has 20 heavy (non-hydrogen) atoms. The first-order chi connectivity index (χ1) is 9.37. The van der Waals surface area contributed by atoms with Crippen molar-refractivity contribution in [3.05, 3.63) is 35.4 Å². The Balaban J connectivity index is 2.23. The van der Waals surface area contributed by atoms with Gasteiger partial charge in [0.1, 0.15) is 0 Å². The molecule has 0 aliphatic carbocycles. The van der Waals surface area contributed by atoms with Crippen LogP contribution in [0.5, 0.6) is 0 Å². The quantitative estimate of drug-likeness (QED) is 0.910. The summed E-state index contributed by atoms with van der Waals surface area (Å²) in [4.78, 5) is 11.2. The molecule has 0 unspecified atom stereocenters. The Hall–Kier alpha value is -1.35. The van der Waals surface area contributed by atoms with Crippen LogP contribution in [0.4, 0.5) is 0 Å². The van der Waals surface area contributed by atoms with Crippen LogP contribution in [0.3, 0.4) is 0 Å². The van der Waals surface area contributed by atoms with Crippen molar-refractivity contribution in [2.24, 2.45) is 5.92 Å². The molecule has 2 rings (SSSR count). The highest BCUT2D eigenvalue weighted by atomic mass is 16.5. The van der Waals surface area contributed by atoms with Gasteiger partial charge < -0.3 is 9.84 Å². The van der Waals surface area contributed by atoms with Crippen molar-refractivity contribution in [1.29, 1.82) is 0 Å². The van der Waals surface area contributed by atoms with Crippen molar-refractivity contribution in [2.75, 3.05) is 6.61 Å². The summed E-state index contributed by atoms with van der Waals surface area (Å²) >= 11 is 0. The Morgan fingerprint density at radius 2 is 2.05 bits per heavy atom. The molecular weight excluding hydrogens is 252 g/mol. The second-order valence-electron chi connectivity index (χ2n) is 6.48. The predicted molar refractivity (Wildman–Crippen MR) is 78.9 cm³/mol. The molecule has 2 atom stereocenters. The van der Waals surface area contributed by atoms with Crippen LogP contribution in [-0.2, 0) is 9.53 Å². The minimum Gasteiger partial charge on any atom is -0.481 e. The van der Waals surface area contributed by atoms with Gasteiger partial charge in [0.25, 0.3) is 0 Å². The maximum Gasteiger partial charge on any atom is 0.303 e. The lowest BCUT2D eigenvalue weighted by atomic mass is 9.75. The molecule has 1 aliphatic rings. The summed E-state index contributed by atoms with van der Waals surface area (Å²) in [6.45, 7) is 6.95. The molecule has 1 heterocycles. The van der Waals surface area contributed by atoms with Gasteiger partial charge in [-0.15, -0.1) is 0 Å². The molecule has 0 bridgehead atoms.